The van der Waals surface area contributed by atoms with Crippen LogP contribution in [0.15, 0.2) is 91.0 Å². The molecule has 0 N–H and O–H groups in total. The maximum absolute atomic E-state index is 6.26. The Morgan fingerprint density at radius 1 is 0.765 bits per heavy atom. The molecule has 0 saturated carbocycles. The minimum absolute atomic E-state index is 0.132. The van der Waals surface area contributed by atoms with Gasteiger partial charge in [0.15, 0.2) is 0 Å². The Hall–Kier alpha value is -3.79. The minimum atomic E-state index is 0.132. The number of ether oxygens (including phenoxy) is 2. The molecule has 0 saturated heterocycles. The van der Waals surface area contributed by atoms with Crippen LogP contribution in [0.25, 0.3) is 21.8 Å². The first-order chi connectivity index (χ1) is 16.5. The van der Waals surface area contributed by atoms with Crippen LogP contribution in [0.1, 0.15) is 32.2 Å². The molecule has 0 amide bonds. The Morgan fingerprint density at radius 2 is 1.50 bits per heavy atom. The minimum Gasteiger partial charge on any atom is -0.492 e. The molecule has 0 aliphatic carbocycles. The van der Waals surface area contributed by atoms with Gasteiger partial charge in [-0.1, -0.05) is 81.4 Å². The van der Waals surface area contributed by atoms with Gasteiger partial charge in [0.2, 0.25) is 0 Å². The van der Waals surface area contributed by atoms with Crippen molar-refractivity contribution in [3.8, 4) is 11.5 Å². The summed E-state index contributed by atoms with van der Waals surface area (Å²) in [4.78, 5) is 4.85. The second kappa shape index (κ2) is 9.22. The van der Waals surface area contributed by atoms with Gasteiger partial charge in [0.1, 0.15) is 30.5 Å². The third-order valence-corrected chi connectivity index (χ3v) is 6.14. The maximum Gasteiger partial charge on any atom is 0.148 e. The maximum atomic E-state index is 6.26. The number of para-hydroxylation sites is 2. The van der Waals surface area contributed by atoms with Crippen LogP contribution in [0, 0.1) is 0 Å². The summed E-state index contributed by atoms with van der Waals surface area (Å²) in [6, 6.07) is 31.0. The summed E-state index contributed by atoms with van der Waals surface area (Å²) in [5.41, 5.74) is 3.49. The molecule has 0 spiro atoms. The highest BCUT2D eigenvalue weighted by atomic mass is 16.5. The van der Waals surface area contributed by atoms with Gasteiger partial charge >= 0.3 is 0 Å². The first-order valence-corrected chi connectivity index (χ1v) is 11.8. The van der Waals surface area contributed by atoms with E-state index in [9.17, 15) is 0 Å². The van der Waals surface area contributed by atoms with E-state index in [1.54, 1.807) is 0 Å². The standard InChI is InChI=1S/C30H30N2O2/c1-30(2,3)23-15-17-24(18-16-23)33-20-19-32-27-13-7-6-12-26(27)31-29(32)21-34-28-14-8-10-22-9-4-5-11-25(22)28/h4-18H,19-21H2,1-3H3. The topological polar surface area (TPSA) is 36.3 Å². The van der Waals surface area contributed by atoms with E-state index in [-0.39, 0.29) is 5.41 Å². The molecule has 5 rings (SSSR count). The zero-order chi connectivity index (χ0) is 23.5. The SMILES string of the molecule is CC(C)(C)c1ccc(OCCn2c(COc3cccc4ccccc34)nc3ccccc32)cc1. The van der Waals surface area contributed by atoms with Crippen molar-refractivity contribution in [2.45, 2.75) is 39.3 Å². The van der Waals surface area contributed by atoms with Crippen LogP contribution >= 0.6 is 0 Å². The third kappa shape index (κ3) is 4.62. The molecular weight excluding hydrogens is 420 g/mol. The van der Waals surface area contributed by atoms with E-state index in [0.717, 1.165) is 33.7 Å². The Labute approximate surface area is 200 Å². The van der Waals surface area contributed by atoms with Crippen molar-refractivity contribution in [3.05, 3.63) is 102 Å². The normalized spacial score (nSPS) is 11.7. The lowest BCUT2D eigenvalue weighted by molar-refractivity contribution is 0.274. The van der Waals surface area contributed by atoms with Crippen LogP contribution in [0.3, 0.4) is 0 Å². The molecule has 0 aliphatic heterocycles. The lowest BCUT2D eigenvalue weighted by Crippen LogP contribution is -2.13. The van der Waals surface area contributed by atoms with Gasteiger partial charge in [-0.2, -0.15) is 0 Å². The molecule has 5 aromatic rings. The molecular formula is C30H30N2O2. The van der Waals surface area contributed by atoms with E-state index >= 15 is 0 Å². The van der Waals surface area contributed by atoms with E-state index in [4.69, 9.17) is 14.5 Å². The predicted molar refractivity (Wildman–Crippen MR) is 139 cm³/mol. The van der Waals surface area contributed by atoms with Crippen LogP contribution in [0.5, 0.6) is 11.5 Å². The van der Waals surface area contributed by atoms with Gasteiger partial charge in [-0.15, -0.1) is 0 Å². The molecule has 4 heteroatoms. The van der Waals surface area contributed by atoms with Gasteiger partial charge < -0.3 is 14.0 Å². The van der Waals surface area contributed by atoms with E-state index < -0.39 is 0 Å². The number of imidazole rings is 1. The van der Waals surface area contributed by atoms with E-state index in [2.05, 4.69) is 73.9 Å². The van der Waals surface area contributed by atoms with Crippen molar-refractivity contribution in [2.24, 2.45) is 0 Å². The van der Waals surface area contributed by atoms with Crippen molar-refractivity contribution in [1.82, 2.24) is 9.55 Å². The second-order valence-corrected chi connectivity index (χ2v) is 9.56. The molecule has 0 radical (unpaired) electrons. The zero-order valence-corrected chi connectivity index (χ0v) is 20.0. The van der Waals surface area contributed by atoms with Crippen molar-refractivity contribution in [1.29, 1.82) is 0 Å². The molecule has 0 aliphatic rings. The summed E-state index contributed by atoms with van der Waals surface area (Å²) < 4.78 is 14.5. The van der Waals surface area contributed by atoms with Gasteiger partial charge in [-0.3, -0.25) is 0 Å². The molecule has 0 unspecified atom stereocenters. The molecule has 4 aromatic carbocycles. The first kappa shape index (κ1) is 22.0. The number of rotatable bonds is 7. The highest BCUT2D eigenvalue weighted by molar-refractivity contribution is 5.88. The Kier molecular flexibility index (Phi) is 5.97. The summed E-state index contributed by atoms with van der Waals surface area (Å²) in [5, 5.41) is 2.27. The lowest BCUT2D eigenvalue weighted by Gasteiger charge is -2.19. The number of aromatic nitrogens is 2. The van der Waals surface area contributed by atoms with Crippen LogP contribution in [-0.4, -0.2) is 16.2 Å². The average Bonchev–Trinajstić information content (AvgIpc) is 3.20. The average molecular weight is 451 g/mol. The largest absolute Gasteiger partial charge is 0.492 e. The summed E-state index contributed by atoms with van der Waals surface area (Å²) in [6.45, 7) is 8.29. The summed E-state index contributed by atoms with van der Waals surface area (Å²) in [5.74, 6) is 2.64. The Balaban J connectivity index is 1.33. The molecule has 4 nitrogen and oxygen atoms in total. The molecule has 0 fully saturated rings. The fourth-order valence-electron chi connectivity index (χ4n) is 4.25. The molecule has 1 aromatic heterocycles. The van der Waals surface area contributed by atoms with Gasteiger partial charge in [0.05, 0.1) is 17.6 Å². The predicted octanol–water partition coefficient (Wildman–Crippen LogP) is 7.15. The molecule has 34 heavy (non-hydrogen) atoms. The van der Waals surface area contributed by atoms with Crippen molar-refractivity contribution >= 4 is 21.8 Å². The fraction of sp³-hybridized carbons (Fsp3) is 0.233. The summed E-state index contributed by atoms with van der Waals surface area (Å²) in [6.07, 6.45) is 0. The van der Waals surface area contributed by atoms with Crippen LogP contribution in [0.4, 0.5) is 0 Å². The molecule has 1 heterocycles. The van der Waals surface area contributed by atoms with Crippen LogP contribution < -0.4 is 9.47 Å². The molecule has 0 atom stereocenters. The van der Waals surface area contributed by atoms with Gasteiger partial charge in [-0.25, -0.2) is 4.98 Å². The van der Waals surface area contributed by atoms with E-state index in [1.807, 2.05) is 42.5 Å². The highest BCUT2D eigenvalue weighted by Gasteiger charge is 2.14. The molecule has 172 valence electrons. The van der Waals surface area contributed by atoms with Crippen LogP contribution in [0.2, 0.25) is 0 Å². The van der Waals surface area contributed by atoms with E-state index in [1.165, 1.54) is 10.9 Å². The Bertz CT molecular complexity index is 1410. The summed E-state index contributed by atoms with van der Waals surface area (Å²) >= 11 is 0. The number of fused-ring (bicyclic) bond motifs is 2. The number of benzene rings is 4. The highest BCUT2D eigenvalue weighted by Crippen LogP contribution is 2.27. The van der Waals surface area contributed by atoms with Crippen molar-refractivity contribution < 1.29 is 9.47 Å². The van der Waals surface area contributed by atoms with Gasteiger partial charge in [-0.05, 0) is 46.7 Å². The number of hydrogen-bond acceptors (Lipinski definition) is 3. The third-order valence-electron chi connectivity index (χ3n) is 6.14. The molecule has 0 bridgehead atoms. The lowest BCUT2D eigenvalue weighted by atomic mass is 9.87. The van der Waals surface area contributed by atoms with Gasteiger partial charge in [0.25, 0.3) is 0 Å². The number of nitrogens with zero attached hydrogens (tertiary/aromatic N) is 2. The van der Waals surface area contributed by atoms with Crippen LogP contribution in [-0.2, 0) is 18.6 Å². The first-order valence-electron chi connectivity index (χ1n) is 11.8. The zero-order valence-electron chi connectivity index (χ0n) is 20.0. The van der Waals surface area contributed by atoms with Gasteiger partial charge in [0, 0.05) is 5.39 Å². The van der Waals surface area contributed by atoms with Crippen molar-refractivity contribution in [3.63, 3.8) is 0 Å². The smallest absolute Gasteiger partial charge is 0.148 e. The fourth-order valence-corrected chi connectivity index (χ4v) is 4.25. The monoisotopic (exact) mass is 450 g/mol. The number of hydrogen-bond donors (Lipinski definition) is 0. The summed E-state index contributed by atoms with van der Waals surface area (Å²) in [7, 11) is 0. The second-order valence-electron chi connectivity index (χ2n) is 9.56. The quantitative estimate of drug-likeness (QED) is 0.264. The van der Waals surface area contributed by atoms with E-state index in [0.29, 0.717) is 19.8 Å². The Morgan fingerprint density at radius 3 is 2.32 bits per heavy atom. The van der Waals surface area contributed by atoms with Crippen molar-refractivity contribution in [2.75, 3.05) is 6.61 Å².